The van der Waals surface area contributed by atoms with Gasteiger partial charge in [-0.1, -0.05) is 38.3 Å². The van der Waals surface area contributed by atoms with Crippen LogP contribution in [-0.2, 0) is 16.6 Å². The number of benzene rings is 1. The second kappa shape index (κ2) is 13.4. The lowest BCUT2D eigenvalue weighted by Gasteiger charge is -2.21. The van der Waals surface area contributed by atoms with E-state index in [1.54, 1.807) is 26.2 Å². The van der Waals surface area contributed by atoms with Crippen molar-refractivity contribution in [1.82, 2.24) is 14.9 Å². The van der Waals surface area contributed by atoms with E-state index in [0.717, 1.165) is 17.9 Å². The third-order valence-corrected chi connectivity index (χ3v) is 6.68. The molecule has 0 bridgehead atoms. The molecule has 0 amide bonds. The van der Waals surface area contributed by atoms with E-state index in [2.05, 4.69) is 29.5 Å². The predicted molar refractivity (Wildman–Crippen MR) is 129 cm³/mol. The maximum atomic E-state index is 12.5. The summed E-state index contributed by atoms with van der Waals surface area (Å²) in [6.45, 7) is 8.67. The van der Waals surface area contributed by atoms with Gasteiger partial charge in [0.05, 0.1) is 4.90 Å². The first-order chi connectivity index (χ1) is 12.7. The van der Waals surface area contributed by atoms with Gasteiger partial charge in [0.1, 0.15) is 0 Å². The molecule has 0 aliphatic carbocycles. The van der Waals surface area contributed by atoms with E-state index in [9.17, 15) is 8.42 Å². The maximum Gasteiger partial charge on any atom is 0.243 e. The largest absolute Gasteiger partial charge is 0.354 e. The molecule has 162 valence electrons. The van der Waals surface area contributed by atoms with Gasteiger partial charge in [0, 0.05) is 32.7 Å². The highest BCUT2D eigenvalue weighted by Crippen LogP contribution is 2.17. The number of nitrogens with one attached hydrogen (secondary N) is 2. The van der Waals surface area contributed by atoms with Gasteiger partial charge in [-0.05, 0) is 44.9 Å². The van der Waals surface area contributed by atoms with Gasteiger partial charge in [0.2, 0.25) is 10.0 Å². The number of sulfonamides is 1. The summed E-state index contributed by atoms with van der Waals surface area (Å²) in [5, 5.41) is 6.68. The van der Waals surface area contributed by atoms with Crippen LogP contribution in [0, 0.1) is 0 Å². The highest BCUT2D eigenvalue weighted by atomic mass is 127. The molecule has 2 N–H and O–H groups in total. The summed E-state index contributed by atoms with van der Waals surface area (Å²) in [5.41, 5.74) is 1.00. The number of aliphatic imine (C=N–C) groups is 1. The Labute approximate surface area is 188 Å². The fourth-order valence-corrected chi connectivity index (χ4v) is 3.98. The molecule has 6 nitrogen and oxygen atoms in total. The molecule has 1 aromatic carbocycles. The Morgan fingerprint density at radius 1 is 1.14 bits per heavy atom. The number of hydrogen-bond donors (Lipinski definition) is 2. The Hall–Kier alpha value is -0.870. The lowest BCUT2D eigenvalue weighted by atomic mass is 10.1. The van der Waals surface area contributed by atoms with Crippen LogP contribution in [0.25, 0.3) is 0 Å². The van der Waals surface area contributed by atoms with Crippen LogP contribution in [0.2, 0.25) is 0 Å². The third-order valence-electron chi connectivity index (χ3n) is 4.63. The number of unbranched alkanes of at least 4 members (excludes halogenated alkanes) is 2. The monoisotopic (exact) mass is 524 g/mol. The minimum Gasteiger partial charge on any atom is -0.354 e. The Balaban J connectivity index is 0.00000729. The molecule has 1 aromatic rings. The first-order valence-corrected chi connectivity index (χ1v) is 11.2. The molecule has 0 aliphatic heterocycles. The predicted octanol–water partition coefficient (Wildman–Crippen LogP) is 3.97. The summed E-state index contributed by atoms with van der Waals surface area (Å²) >= 11 is 0. The molecular weight excluding hydrogens is 487 g/mol. The van der Waals surface area contributed by atoms with Crippen LogP contribution in [0.5, 0.6) is 0 Å². The molecule has 8 heteroatoms. The fourth-order valence-electron chi connectivity index (χ4n) is 2.61. The summed E-state index contributed by atoms with van der Waals surface area (Å²) in [7, 11) is -0.0817. The van der Waals surface area contributed by atoms with Gasteiger partial charge in [-0.2, -0.15) is 4.31 Å². The van der Waals surface area contributed by atoms with Gasteiger partial charge >= 0.3 is 0 Å². The number of rotatable bonds is 10. The number of guanidine groups is 1. The summed E-state index contributed by atoms with van der Waals surface area (Å²) in [6, 6.07) is 7.29. The van der Waals surface area contributed by atoms with Gasteiger partial charge in [-0.3, -0.25) is 4.99 Å². The van der Waals surface area contributed by atoms with E-state index in [-0.39, 0.29) is 30.0 Å². The maximum absolute atomic E-state index is 12.5. The summed E-state index contributed by atoms with van der Waals surface area (Å²) in [5.74, 6) is 0.759. The summed E-state index contributed by atoms with van der Waals surface area (Å²) in [4.78, 5) is 4.58. The molecule has 0 aromatic heterocycles. The van der Waals surface area contributed by atoms with Crippen LogP contribution in [0.1, 0.15) is 58.9 Å². The van der Waals surface area contributed by atoms with Crippen molar-refractivity contribution in [2.24, 2.45) is 4.99 Å². The quantitative estimate of drug-likeness (QED) is 0.210. The van der Waals surface area contributed by atoms with Crippen molar-refractivity contribution in [3.05, 3.63) is 29.8 Å². The first kappa shape index (κ1) is 27.1. The van der Waals surface area contributed by atoms with Crippen LogP contribution < -0.4 is 10.6 Å². The molecule has 0 saturated carbocycles. The van der Waals surface area contributed by atoms with Crippen molar-refractivity contribution < 1.29 is 8.42 Å². The van der Waals surface area contributed by atoms with E-state index in [1.807, 2.05) is 26.0 Å². The molecule has 0 saturated heterocycles. The molecule has 0 heterocycles. The molecule has 0 fully saturated rings. The van der Waals surface area contributed by atoms with Crippen molar-refractivity contribution in [3.63, 3.8) is 0 Å². The highest BCUT2D eigenvalue weighted by molar-refractivity contribution is 14.0. The summed E-state index contributed by atoms with van der Waals surface area (Å²) in [6.07, 6.45) is 4.80. The minimum atomic E-state index is -3.44. The van der Waals surface area contributed by atoms with Crippen LogP contribution in [0.15, 0.2) is 34.2 Å². The van der Waals surface area contributed by atoms with Gasteiger partial charge in [0.15, 0.2) is 5.96 Å². The number of nitrogens with zero attached hydrogens (tertiary/aromatic N) is 2. The lowest BCUT2D eigenvalue weighted by molar-refractivity contribution is 0.410. The van der Waals surface area contributed by atoms with Gasteiger partial charge in [0.25, 0.3) is 0 Å². The van der Waals surface area contributed by atoms with E-state index in [4.69, 9.17) is 0 Å². The SMILES string of the molecule is CCCCCC(C)NC(=NC)NCc1ccc(S(=O)(=O)N(C)C(C)C)cc1.I. The van der Waals surface area contributed by atoms with E-state index in [1.165, 1.54) is 23.6 Å². The van der Waals surface area contributed by atoms with Gasteiger partial charge < -0.3 is 10.6 Å². The topological polar surface area (TPSA) is 73.8 Å². The smallest absolute Gasteiger partial charge is 0.243 e. The Bertz CT molecular complexity index is 691. The van der Waals surface area contributed by atoms with Crippen LogP contribution >= 0.6 is 24.0 Å². The van der Waals surface area contributed by atoms with Gasteiger partial charge in [-0.25, -0.2) is 8.42 Å². The Morgan fingerprint density at radius 3 is 2.25 bits per heavy atom. The van der Waals surface area contributed by atoms with E-state index < -0.39 is 10.0 Å². The van der Waals surface area contributed by atoms with E-state index >= 15 is 0 Å². The Morgan fingerprint density at radius 2 is 1.75 bits per heavy atom. The summed E-state index contributed by atoms with van der Waals surface area (Å²) < 4.78 is 26.4. The molecule has 0 spiro atoms. The Kier molecular flexibility index (Phi) is 13.0. The second-order valence-corrected chi connectivity index (χ2v) is 9.22. The molecule has 1 rings (SSSR count). The number of halogens is 1. The second-order valence-electron chi connectivity index (χ2n) is 7.23. The normalized spacial score (nSPS) is 13.4. The molecule has 0 radical (unpaired) electrons. The first-order valence-electron chi connectivity index (χ1n) is 9.76. The van der Waals surface area contributed by atoms with Gasteiger partial charge in [-0.15, -0.1) is 24.0 Å². The molecule has 28 heavy (non-hydrogen) atoms. The molecule has 0 aliphatic rings. The van der Waals surface area contributed by atoms with Crippen molar-refractivity contribution in [2.45, 2.75) is 76.9 Å². The molecule has 1 atom stereocenters. The van der Waals surface area contributed by atoms with Crippen LogP contribution in [-0.4, -0.2) is 44.9 Å². The third kappa shape index (κ3) is 8.65. The molecular formula is C20H37IN4O2S. The zero-order valence-electron chi connectivity index (χ0n) is 18.0. The average molecular weight is 525 g/mol. The van der Waals surface area contributed by atoms with Crippen LogP contribution in [0.3, 0.4) is 0 Å². The number of hydrogen-bond acceptors (Lipinski definition) is 3. The van der Waals surface area contributed by atoms with E-state index in [0.29, 0.717) is 17.5 Å². The average Bonchev–Trinajstić information content (AvgIpc) is 2.64. The zero-order valence-corrected chi connectivity index (χ0v) is 21.2. The van der Waals surface area contributed by atoms with Crippen molar-refractivity contribution in [3.8, 4) is 0 Å². The highest BCUT2D eigenvalue weighted by Gasteiger charge is 2.22. The lowest BCUT2D eigenvalue weighted by Crippen LogP contribution is -2.41. The molecule has 1 unspecified atom stereocenters. The van der Waals surface area contributed by atoms with Crippen LogP contribution in [0.4, 0.5) is 0 Å². The fraction of sp³-hybridized carbons (Fsp3) is 0.650. The zero-order chi connectivity index (χ0) is 20.4. The van der Waals surface area contributed by atoms with Crippen molar-refractivity contribution in [1.29, 1.82) is 0 Å². The van der Waals surface area contributed by atoms with Crippen molar-refractivity contribution >= 4 is 40.0 Å². The van der Waals surface area contributed by atoms with Crippen molar-refractivity contribution in [2.75, 3.05) is 14.1 Å². The minimum absolute atomic E-state index is 0. The standard InChI is InChI=1S/C20H36N4O2S.HI/c1-7-8-9-10-17(4)23-20(21-5)22-15-18-11-13-19(14-12-18)27(25,26)24(6)16(2)3;/h11-14,16-17H,7-10,15H2,1-6H3,(H2,21,22,23);1H.